The summed E-state index contributed by atoms with van der Waals surface area (Å²) in [7, 11) is 0. The topological polar surface area (TPSA) is 32.3 Å². The van der Waals surface area contributed by atoms with Crippen molar-refractivity contribution in [1.29, 1.82) is 0 Å². The fraction of sp³-hybridized carbons (Fsp3) is 0.667. The summed E-state index contributed by atoms with van der Waals surface area (Å²) in [4.78, 5) is 0. The van der Waals surface area contributed by atoms with E-state index in [1.165, 1.54) is 11.3 Å². The quantitative estimate of drug-likeness (QED) is 0.883. The molecule has 1 fully saturated rings. The lowest BCUT2D eigenvalue weighted by Crippen LogP contribution is -2.37. The molecule has 3 unspecified atom stereocenters. The number of aliphatic hydroxyl groups is 1. The summed E-state index contributed by atoms with van der Waals surface area (Å²) in [6.07, 6.45) is 3.81. The third-order valence-electron chi connectivity index (χ3n) is 3.28. The molecule has 1 saturated carbocycles. The van der Waals surface area contributed by atoms with E-state index in [4.69, 9.17) is 23.2 Å². The van der Waals surface area contributed by atoms with Crippen molar-refractivity contribution in [3.05, 3.63) is 20.3 Å². The number of halogens is 2. The summed E-state index contributed by atoms with van der Waals surface area (Å²) >= 11 is 13.5. The minimum absolute atomic E-state index is 0.157. The van der Waals surface area contributed by atoms with E-state index in [1.807, 2.05) is 6.07 Å². The number of hydrogen-bond acceptors (Lipinski definition) is 3. The molecule has 0 saturated heterocycles. The van der Waals surface area contributed by atoms with Crippen LogP contribution in [0.5, 0.6) is 0 Å². The summed E-state index contributed by atoms with van der Waals surface area (Å²) in [5, 5.41) is 13.2. The molecule has 5 heteroatoms. The molecule has 1 aliphatic carbocycles. The summed E-state index contributed by atoms with van der Waals surface area (Å²) < 4.78 is 1.48. The van der Waals surface area contributed by atoms with Crippen molar-refractivity contribution in [2.45, 2.75) is 50.8 Å². The van der Waals surface area contributed by atoms with Crippen LogP contribution in [0.1, 0.15) is 44.2 Å². The second kappa shape index (κ2) is 5.89. The molecule has 2 N–H and O–H groups in total. The highest BCUT2D eigenvalue weighted by molar-refractivity contribution is 7.20. The molecule has 0 bridgehead atoms. The average Bonchev–Trinajstić information content (AvgIpc) is 2.58. The zero-order chi connectivity index (χ0) is 12.4. The lowest BCUT2D eigenvalue weighted by molar-refractivity contribution is 0.109. The first kappa shape index (κ1) is 13.6. The molecular formula is C12H17Cl2NOS. The average molecular weight is 294 g/mol. The molecule has 17 heavy (non-hydrogen) atoms. The van der Waals surface area contributed by atoms with Crippen molar-refractivity contribution in [1.82, 2.24) is 5.32 Å². The maximum Gasteiger partial charge on any atom is 0.0991 e. The lowest BCUT2D eigenvalue weighted by atomic mass is 9.92. The second-order valence-corrected chi connectivity index (χ2v) is 6.97. The van der Waals surface area contributed by atoms with Crippen LogP contribution >= 0.6 is 34.5 Å². The molecule has 0 radical (unpaired) electrons. The Morgan fingerprint density at radius 1 is 1.47 bits per heavy atom. The molecule has 1 aliphatic rings. The van der Waals surface area contributed by atoms with Gasteiger partial charge >= 0.3 is 0 Å². The van der Waals surface area contributed by atoms with Crippen molar-refractivity contribution >= 4 is 34.5 Å². The first-order valence-electron chi connectivity index (χ1n) is 5.95. The molecular weight excluding hydrogens is 277 g/mol. The fourth-order valence-corrected chi connectivity index (χ4v) is 4.05. The van der Waals surface area contributed by atoms with E-state index in [9.17, 15) is 5.11 Å². The Balaban J connectivity index is 1.96. The van der Waals surface area contributed by atoms with E-state index in [0.717, 1.165) is 39.9 Å². The lowest BCUT2D eigenvalue weighted by Gasteiger charge is -2.29. The van der Waals surface area contributed by atoms with Crippen LogP contribution in [0, 0.1) is 0 Å². The molecule has 0 aromatic carbocycles. The first-order valence-corrected chi connectivity index (χ1v) is 7.52. The Bertz CT molecular complexity index is 383. The number of thiophene rings is 1. The van der Waals surface area contributed by atoms with Crippen LogP contribution in [0.2, 0.25) is 8.67 Å². The minimum atomic E-state index is -0.157. The normalized spacial score (nSPS) is 27.1. The molecule has 1 aromatic rings. The summed E-state index contributed by atoms with van der Waals surface area (Å²) in [6.45, 7) is 2.09. The van der Waals surface area contributed by atoms with Gasteiger partial charge in [0.05, 0.1) is 14.8 Å². The van der Waals surface area contributed by atoms with Crippen molar-refractivity contribution < 1.29 is 5.11 Å². The SMILES string of the molecule is CC(NC1CCCC(O)C1)c1cc(Cl)sc1Cl. The van der Waals surface area contributed by atoms with E-state index in [1.54, 1.807) is 0 Å². The maximum absolute atomic E-state index is 9.64. The Hall–Kier alpha value is 0.200. The Morgan fingerprint density at radius 2 is 2.24 bits per heavy atom. The van der Waals surface area contributed by atoms with Gasteiger partial charge < -0.3 is 10.4 Å². The number of rotatable bonds is 3. The van der Waals surface area contributed by atoms with Crippen LogP contribution < -0.4 is 5.32 Å². The first-order chi connectivity index (χ1) is 8.06. The van der Waals surface area contributed by atoms with E-state index in [2.05, 4.69) is 12.2 Å². The van der Waals surface area contributed by atoms with Gasteiger partial charge in [0, 0.05) is 12.1 Å². The van der Waals surface area contributed by atoms with Gasteiger partial charge in [-0.25, -0.2) is 0 Å². The van der Waals surface area contributed by atoms with E-state index < -0.39 is 0 Å². The highest BCUT2D eigenvalue weighted by atomic mass is 35.5. The van der Waals surface area contributed by atoms with Crippen molar-refractivity contribution in [3.8, 4) is 0 Å². The molecule has 2 rings (SSSR count). The van der Waals surface area contributed by atoms with Gasteiger partial charge in [-0.3, -0.25) is 0 Å². The summed E-state index contributed by atoms with van der Waals surface area (Å²) in [5.74, 6) is 0. The largest absolute Gasteiger partial charge is 0.393 e. The third kappa shape index (κ3) is 3.58. The fourth-order valence-electron chi connectivity index (χ4n) is 2.41. The van der Waals surface area contributed by atoms with Gasteiger partial charge in [-0.1, -0.05) is 23.2 Å². The molecule has 0 spiro atoms. The smallest absolute Gasteiger partial charge is 0.0991 e. The predicted octanol–water partition coefficient (Wildman–Crippen LogP) is 4.01. The summed E-state index contributed by atoms with van der Waals surface area (Å²) in [6, 6.07) is 2.48. The Labute approximate surface area is 116 Å². The number of aliphatic hydroxyl groups excluding tert-OH is 1. The van der Waals surface area contributed by atoms with Crippen molar-refractivity contribution in [2.75, 3.05) is 0 Å². The van der Waals surface area contributed by atoms with E-state index in [0.29, 0.717) is 6.04 Å². The van der Waals surface area contributed by atoms with Gasteiger partial charge in [0.15, 0.2) is 0 Å². The minimum Gasteiger partial charge on any atom is -0.393 e. The molecule has 0 amide bonds. The number of nitrogens with one attached hydrogen (secondary N) is 1. The van der Waals surface area contributed by atoms with Crippen LogP contribution in [0.4, 0.5) is 0 Å². The van der Waals surface area contributed by atoms with Gasteiger partial charge in [0.25, 0.3) is 0 Å². The van der Waals surface area contributed by atoms with E-state index in [-0.39, 0.29) is 12.1 Å². The van der Waals surface area contributed by atoms with Crippen LogP contribution in [-0.2, 0) is 0 Å². The van der Waals surface area contributed by atoms with Crippen molar-refractivity contribution in [2.24, 2.45) is 0 Å². The zero-order valence-electron chi connectivity index (χ0n) is 9.75. The molecule has 96 valence electrons. The van der Waals surface area contributed by atoms with Gasteiger partial charge in [-0.15, -0.1) is 11.3 Å². The summed E-state index contributed by atoms with van der Waals surface area (Å²) in [5.41, 5.74) is 1.06. The molecule has 1 aromatic heterocycles. The highest BCUT2D eigenvalue weighted by Gasteiger charge is 2.23. The molecule has 3 atom stereocenters. The Kier molecular flexibility index (Phi) is 4.72. The number of hydrogen-bond donors (Lipinski definition) is 2. The van der Waals surface area contributed by atoms with Gasteiger partial charge in [-0.2, -0.15) is 0 Å². The van der Waals surface area contributed by atoms with Gasteiger partial charge in [0.2, 0.25) is 0 Å². The van der Waals surface area contributed by atoms with Crippen molar-refractivity contribution in [3.63, 3.8) is 0 Å². The van der Waals surface area contributed by atoms with Crippen LogP contribution in [0.15, 0.2) is 6.07 Å². The standard InChI is InChI=1S/C12H17Cl2NOS/c1-7(10-6-11(13)17-12(10)14)15-8-3-2-4-9(16)5-8/h6-9,15-16H,2-5H2,1H3. The third-order valence-corrected chi connectivity index (χ3v) is 4.80. The van der Waals surface area contributed by atoms with Crippen LogP contribution in [0.25, 0.3) is 0 Å². The predicted molar refractivity (Wildman–Crippen MR) is 74.2 cm³/mol. The van der Waals surface area contributed by atoms with Gasteiger partial charge in [-0.05, 0) is 44.2 Å². The monoisotopic (exact) mass is 293 g/mol. The maximum atomic E-state index is 9.64. The zero-order valence-corrected chi connectivity index (χ0v) is 12.1. The van der Waals surface area contributed by atoms with Gasteiger partial charge in [0.1, 0.15) is 0 Å². The Morgan fingerprint density at radius 3 is 2.82 bits per heavy atom. The van der Waals surface area contributed by atoms with Crippen LogP contribution in [0.3, 0.4) is 0 Å². The molecule has 0 aliphatic heterocycles. The molecule has 2 nitrogen and oxygen atoms in total. The highest BCUT2D eigenvalue weighted by Crippen LogP contribution is 2.35. The van der Waals surface area contributed by atoms with Crippen LogP contribution in [-0.4, -0.2) is 17.3 Å². The second-order valence-electron chi connectivity index (χ2n) is 4.69. The molecule has 1 heterocycles. The van der Waals surface area contributed by atoms with E-state index >= 15 is 0 Å².